The molecule has 0 saturated heterocycles. The SMILES string of the molecule is O=[N+]([O-])c1cc(S(=O)(=O)NCc2ccccn2)sc1Cl. The summed E-state index contributed by atoms with van der Waals surface area (Å²) in [4.78, 5) is 13.9. The van der Waals surface area contributed by atoms with Crippen LogP contribution in [-0.2, 0) is 16.6 Å². The third-order valence-electron chi connectivity index (χ3n) is 2.28. The van der Waals surface area contributed by atoms with Crippen molar-refractivity contribution in [2.45, 2.75) is 10.8 Å². The Morgan fingerprint density at radius 1 is 1.45 bits per heavy atom. The molecule has 2 aromatic rings. The summed E-state index contributed by atoms with van der Waals surface area (Å²) >= 11 is 6.27. The predicted octanol–water partition coefficient (Wildman–Crippen LogP) is 2.18. The van der Waals surface area contributed by atoms with E-state index in [1.807, 2.05) is 0 Å². The monoisotopic (exact) mass is 333 g/mol. The lowest BCUT2D eigenvalue weighted by molar-refractivity contribution is -0.384. The smallest absolute Gasteiger partial charge is 0.260 e. The van der Waals surface area contributed by atoms with Crippen LogP contribution in [0.3, 0.4) is 0 Å². The second-order valence-electron chi connectivity index (χ2n) is 3.63. The number of rotatable bonds is 5. The predicted molar refractivity (Wildman–Crippen MR) is 74.2 cm³/mol. The van der Waals surface area contributed by atoms with Crippen molar-refractivity contribution in [2.24, 2.45) is 0 Å². The molecule has 0 spiro atoms. The third-order valence-corrected chi connectivity index (χ3v) is 5.49. The molecule has 0 fully saturated rings. The first kappa shape index (κ1) is 14.9. The molecule has 2 heterocycles. The molecule has 7 nitrogen and oxygen atoms in total. The van der Waals surface area contributed by atoms with Gasteiger partial charge in [0.25, 0.3) is 15.7 Å². The molecule has 0 saturated carbocycles. The number of sulfonamides is 1. The summed E-state index contributed by atoms with van der Waals surface area (Å²) in [5.41, 5.74) is 0.114. The Bertz CT molecular complexity index is 730. The highest BCUT2D eigenvalue weighted by atomic mass is 35.5. The van der Waals surface area contributed by atoms with Gasteiger partial charge in [-0.25, -0.2) is 13.1 Å². The Hall–Kier alpha value is -1.55. The van der Waals surface area contributed by atoms with Crippen LogP contribution < -0.4 is 4.72 Å². The third kappa shape index (κ3) is 3.31. The molecule has 0 aliphatic carbocycles. The lowest BCUT2D eigenvalue weighted by Gasteiger charge is -2.03. The van der Waals surface area contributed by atoms with E-state index in [-0.39, 0.29) is 15.1 Å². The highest BCUT2D eigenvalue weighted by molar-refractivity contribution is 7.91. The number of hydrogen-bond acceptors (Lipinski definition) is 6. The fraction of sp³-hybridized carbons (Fsp3) is 0.100. The van der Waals surface area contributed by atoms with E-state index in [1.54, 1.807) is 18.2 Å². The van der Waals surface area contributed by atoms with Crippen LogP contribution in [-0.4, -0.2) is 18.3 Å². The summed E-state index contributed by atoms with van der Waals surface area (Å²) in [6, 6.07) is 6.03. The van der Waals surface area contributed by atoms with Crippen LogP contribution in [0.15, 0.2) is 34.7 Å². The molecule has 0 unspecified atom stereocenters. The Balaban J connectivity index is 2.18. The number of nitro groups is 1. The number of thiophene rings is 1. The van der Waals surface area contributed by atoms with Gasteiger partial charge in [0.1, 0.15) is 4.21 Å². The molecule has 0 aromatic carbocycles. The highest BCUT2D eigenvalue weighted by Crippen LogP contribution is 2.36. The molecule has 20 heavy (non-hydrogen) atoms. The van der Waals surface area contributed by atoms with Gasteiger partial charge in [0.15, 0.2) is 4.34 Å². The van der Waals surface area contributed by atoms with Crippen LogP contribution in [0.2, 0.25) is 4.34 Å². The van der Waals surface area contributed by atoms with E-state index in [4.69, 9.17) is 11.6 Å². The zero-order chi connectivity index (χ0) is 14.8. The first-order valence-electron chi connectivity index (χ1n) is 5.23. The molecular formula is C10H8ClN3O4S2. The first-order valence-corrected chi connectivity index (χ1v) is 7.91. The van der Waals surface area contributed by atoms with Crippen molar-refractivity contribution in [2.75, 3.05) is 0 Å². The number of hydrogen-bond donors (Lipinski definition) is 1. The van der Waals surface area contributed by atoms with Gasteiger partial charge < -0.3 is 0 Å². The van der Waals surface area contributed by atoms with Gasteiger partial charge in [0.2, 0.25) is 0 Å². The Kier molecular flexibility index (Phi) is 4.33. The van der Waals surface area contributed by atoms with Crippen LogP contribution >= 0.6 is 22.9 Å². The maximum absolute atomic E-state index is 12.0. The Morgan fingerprint density at radius 3 is 2.75 bits per heavy atom. The van der Waals surface area contributed by atoms with Gasteiger partial charge in [0, 0.05) is 12.3 Å². The lowest BCUT2D eigenvalue weighted by atomic mass is 10.4. The number of halogens is 1. The summed E-state index contributed by atoms with van der Waals surface area (Å²) in [7, 11) is -3.85. The van der Waals surface area contributed by atoms with E-state index in [0.717, 1.165) is 6.07 Å². The summed E-state index contributed by atoms with van der Waals surface area (Å²) in [6.45, 7) is -0.00745. The van der Waals surface area contributed by atoms with Crippen molar-refractivity contribution in [3.63, 3.8) is 0 Å². The second kappa shape index (κ2) is 5.83. The van der Waals surface area contributed by atoms with Crippen molar-refractivity contribution < 1.29 is 13.3 Å². The number of pyridine rings is 1. The van der Waals surface area contributed by atoms with Crippen LogP contribution in [0.1, 0.15) is 5.69 Å². The summed E-state index contributed by atoms with van der Waals surface area (Å²) < 4.78 is 25.9. The van der Waals surface area contributed by atoms with Crippen molar-refractivity contribution in [3.05, 3.63) is 50.6 Å². The number of nitrogens with zero attached hydrogens (tertiary/aromatic N) is 2. The van der Waals surface area contributed by atoms with Crippen molar-refractivity contribution in [1.82, 2.24) is 9.71 Å². The van der Waals surface area contributed by atoms with Gasteiger partial charge in [-0.15, -0.1) is 11.3 Å². The standard InChI is InChI=1S/C10H8ClN3O4S2/c11-10-8(14(15)16)5-9(19-10)20(17,18)13-6-7-3-1-2-4-12-7/h1-5,13H,6H2. The fourth-order valence-electron chi connectivity index (χ4n) is 1.34. The first-order chi connectivity index (χ1) is 9.40. The maximum Gasteiger partial charge on any atom is 0.300 e. The molecule has 0 radical (unpaired) electrons. The number of aromatic nitrogens is 1. The minimum absolute atomic E-state index is 0.00745. The van der Waals surface area contributed by atoms with E-state index in [1.165, 1.54) is 6.20 Å². The minimum atomic E-state index is -3.85. The molecule has 0 aliphatic rings. The molecule has 0 amide bonds. The van der Waals surface area contributed by atoms with E-state index in [0.29, 0.717) is 17.0 Å². The molecule has 2 rings (SSSR count). The zero-order valence-electron chi connectivity index (χ0n) is 9.82. The van der Waals surface area contributed by atoms with Crippen LogP contribution in [0.5, 0.6) is 0 Å². The van der Waals surface area contributed by atoms with E-state index in [9.17, 15) is 18.5 Å². The molecule has 1 N–H and O–H groups in total. The Labute approximate surface area is 123 Å². The van der Waals surface area contributed by atoms with Gasteiger partial charge in [-0.3, -0.25) is 15.1 Å². The maximum atomic E-state index is 12.0. The molecule has 0 bridgehead atoms. The van der Waals surface area contributed by atoms with Gasteiger partial charge in [-0.05, 0) is 12.1 Å². The molecule has 2 aromatic heterocycles. The minimum Gasteiger partial charge on any atom is -0.260 e. The quantitative estimate of drug-likeness (QED) is 0.667. The summed E-state index contributed by atoms with van der Waals surface area (Å²) in [5.74, 6) is 0. The molecule has 106 valence electrons. The Morgan fingerprint density at radius 2 is 2.20 bits per heavy atom. The molecule has 10 heteroatoms. The van der Waals surface area contributed by atoms with Crippen LogP contribution in [0, 0.1) is 10.1 Å². The van der Waals surface area contributed by atoms with Crippen molar-refractivity contribution in [3.8, 4) is 0 Å². The molecule has 0 aliphatic heterocycles. The lowest BCUT2D eigenvalue weighted by Crippen LogP contribution is -2.22. The van der Waals surface area contributed by atoms with Gasteiger partial charge in [0.05, 0.1) is 17.2 Å². The second-order valence-corrected chi connectivity index (χ2v) is 7.28. The average Bonchev–Trinajstić information content (AvgIpc) is 2.81. The number of nitrogens with one attached hydrogen (secondary N) is 1. The normalized spacial score (nSPS) is 11.4. The molecule has 0 atom stereocenters. The highest BCUT2D eigenvalue weighted by Gasteiger charge is 2.25. The average molecular weight is 334 g/mol. The van der Waals surface area contributed by atoms with E-state index in [2.05, 4.69) is 9.71 Å². The van der Waals surface area contributed by atoms with Gasteiger partial charge in [-0.2, -0.15) is 0 Å². The molecular weight excluding hydrogens is 326 g/mol. The summed E-state index contributed by atoms with van der Waals surface area (Å²) in [6.07, 6.45) is 1.54. The fourth-order valence-corrected chi connectivity index (χ4v) is 4.05. The van der Waals surface area contributed by atoms with Gasteiger partial charge >= 0.3 is 0 Å². The zero-order valence-corrected chi connectivity index (χ0v) is 12.2. The van der Waals surface area contributed by atoms with Crippen LogP contribution in [0.25, 0.3) is 0 Å². The van der Waals surface area contributed by atoms with Crippen LogP contribution in [0.4, 0.5) is 5.69 Å². The van der Waals surface area contributed by atoms with Crippen molar-refractivity contribution in [1.29, 1.82) is 0 Å². The van der Waals surface area contributed by atoms with E-state index >= 15 is 0 Å². The van der Waals surface area contributed by atoms with Gasteiger partial charge in [-0.1, -0.05) is 17.7 Å². The van der Waals surface area contributed by atoms with Crippen molar-refractivity contribution >= 4 is 38.6 Å². The summed E-state index contributed by atoms with van der Waals surface area (Å²) in [5, 5.41) is 10.6. The topological polar surface area (TPSA) is 102 Å². The van der Waals surface area contributed by atoms with E-state index < -0.39 is 20.6 Å². The largest absolute Gasteiger partial charge is 0.300 e.